The number of carboxylic acids is 1. The van der Waals surface area contributed by atoms with Crippen molar-refractivity contribution in [2.24, 2.45) is 5.92 Å². The summed E-state index contributed by atoms with van der Waals surface area (Å²) in [6.45, 7) is 1.85. The van der Waals surface area contributed by atoms with Gasteiger partial charge in [-0.25, -0.2) is 0 Å². The molecule has 1 atom stereocenters. The van der Waals surface area contributed by atoms with Crippen molar-refractivity contribution in [2.45, 2.75) is 19.8 Å². The number of rotatable bonds is 8. The maximum Gasteiger partial charge on any atom is 0.308 e. The van der Waals surface area contributed by atoms with E-state index in [-0.39, 0.29) is 12.2 Å². The lowest BCUT2D eigenvalue weighted by molar-refractivity contribution is -0.393. The summed E-state index contributed by atoms with van der Waals surface area (Å²) >= 11 is 0. The second kappa shape index (κ2) is 7.17. The fourth-order valence-electron chi connectivity index (χ4n) is 1.83. The van der Waals surface area contributed by atoms with Crippen molar-refractivity contribution in [3.8, 4) is 0 Å². The van der Waals surface area contributed by atoms with E-state index in [9.17, 15) is 25.0 Å². The van der Waals surface area contributed by atoms with Gasteiger partial charge in [-0.1, -0.05) is 13.3 Å². The second-order valence-electron chi connectivity index (χ2n) is 4.42. The molecule has 1 aromatic carbocycles. The smallest absolute Gasteiger partial charge is 0.308 e. The van der Waals surface area contributed by atoms with Crippen LogP contribution in [-0.2, 0) is 4.79 Å². The minimum atomic E-state index is -0.992. The molecule has 0 spiro atoms. The molecular weight excluding hydrogens is 282 g/mol. The maximum absolute atomic E-state index is 11.0. The number of nitro groups is 2. The van der Waals surface area contributed by atoms with E-state index in [2.05, 4.69) is 5.32 Å². The van der Waals surface area contributed by atoms with Gasteiger partial charge >= 0.3 is 5.97 Å². The van der Waals surface area contributed by atoms with Crippen molar-refractivity contribution < 1.29 is 19.7 Å². The average Bonchev–Trinajstić information content (AvgIpc) is 2.42. The molecule has 0 saturated heterocycles. The van der Waals surface area contributed by atoms with Crippen LogP contribution in [0.3, 0.4) is 0 Å². The minimum Gasteiger partial charge on any atom is -0.481 e. The number of nitrogens with one attached hydrogen (secondary N) is 1. The first-order chi connectivity index (χ1) is 9.86. The van der Waals surface area contributed by atoms with Crippen molar-refractivity contribution in [2.75, 3.05) is 11.9 Å². The monoisotopic (exact) mass is 297 g/mol. The summed E-state index contributed by atoms with van der Waals surface area (Å²) in [5.41, 5.74) is -0.784. The van der Waals surface area contributed by atoms with Crippen molar-refractivity contribution in [3.63, 3.8) is 0 Å². The largest absolute Gasteiger partial charge is 0.481 e. The van der Waals surface area contributed by atoms with Gasteiger partial charge in [0.2, 0.25) is 0 Å². The Hall–Kier alpha value is -2.71. The topological polar surface area (TPSA) is 136 Å². The number of carbonyl (C=O) groups is 1. The zero-order chi connectivity index (χ0) is 16.0. The molecule has 1 unspecified atom stereocenters. The summed E-state index contributed by atoms with van der Waals surface area (Å²) in [5.74, 6) is -1.67. The van der Waals surface area contributed by atoms with E-state index in [1.807, 2.05) is 6.92 Å². The molecule has 0 saturated carbocycles. The Balaban J connectivity index is 2.94. The van der Waals surface area contributed by atoms with E-state index in [4.69, 9.17) is 5.11 Å². The van der Waals surface area contributed by atoms with Crippen LogP contribution in [0.5, 0.6) is 0 Å². The van der Waals surface area contributed by atoms with Crippen molar-refractivity contribution >= 4 is 23.0 Å². The van der Waals surface area contributed by atoms with E-state index in [0.29, 0.717) is 12.8 Å². The molecule has 0 heterocycles. The van der Waals surface area contributed by atoms with Crippen molar-refractivity contribution in [1.82, 2.24) is 0 Å². The second-order valence-corrected chi connectivity index (χ2v) is 4.42. The minimum absolute atomic E-state index is 0.0157. The Morgan fingerprint density at radius 2 is 2.00 bits per heavy atom. The third-order valence-electron chi connectivity index (χ3n) is 2.91. The first-order valence-electron chi connectivity index (χ1n) is 6.26. The Morgan fingerprint density at radius 1 is 1.33 bits per heavy atom. The Morgan fingerprint density at radius 3 is 2.48 bits per heavy atom. The molecule has 2 N–H and O–H groups in total. The molecule has 1 rings (SSSR count). The average molecular weight is 297 g/mol. The number of benzene rings is 1. The predicted octanol–water partition coefficient (Wildman–Crippen LogP) is 2.42. The van der Waals surface area contributed by atoms with E-state index in [1.54, 1.807) is 0 Å². The van der Waals surface area contributed by atoms with Crippen LogP contribution in [0.25, 0.3) is 0 Å². The summed E-state index contributed by atoms with van der Waals surface area (Å²) in [5, 5.41) is 33.2. The molecule has 9 heteroatoms. The van der Waals surface area contributed by atoms with Crippen LogP contribution in [0.2, 0.25) is 0 Å². The fraction of sp³-hybridized carbons (Fsp3) is 0.417. The van der Waals surface area contributed by atoms with E-state index in [0.717, 1.165) is 12.1 Å². The molecule has 9 nitrogen and oxygen atoms in total. The van der Waals surface area contributed by atoms with Gasteiger partial charge in [-0.2, -0.15) is 0 Å². The number of nitro benzene ring substituents is 2. The highest BCUT2D eigenvalue weighted by Gasteiger charge is 2.21. The summed E-state index contributed by atoms with van der Waals surface area (Å²) in [7, 11) is 0. The molecule has 0 amide bonds. The van der Waals surface area contributed by atoms with Gasteiger partial charge in [0.25, 0.3) is 11.4 Å². The highest BCUT2D eigenvalue weighted by molar-refractivity contribution is 5.72. The van der Waals surface area contributed by atoms with E-state index >= 15 is 0 Å². The lowest BCUT2D eigenvalue weighted by Gasteiger charge is -2.13. The van der Waals surface area contributed by atoms with Crippen LogP contribution >= 0.6 is 0 Å². The lowest BCUT2D eigenvalue weighted by atomic mass is 10.0. The van der Waals surface area contributed by atoms with Gasteiger partial charge in [0, 0.05) is 12.6 Å². The number of non-ortho nitro benzene ring substituents is 1. The number of aliphatic carboxylic acids is 1. The maximum atomic E-state index is 11.0. The molecule has 0 aliphatic rings. The molecular formula is C12H15N3O6. The van der Waals surface area contributed by atoms with E-state index < -0.39 is 33.1 Å². The molecule has 114 valence electrons. The number of anilines is 1. The summed E-state index contributed by atoms with van der Waals surface area (Å²) in [6, 6.07) is 3.18. The summed E-state index contributed by atoms with van der Waals surface area (Å²) in [4.78, 5) is 31.1. The van der Waals surface area contributed by atoms with Crippen molar-refractivity contribution in [1.29, 1.82) is 0 Å². The number of carboxylic acid groups (broad SMARTS) is 1. The molecule has 0 aliphatic heterocycles. The molecule has 21 heavy (non-hydrogen) atoms. The van der Waals surface area contributed by atoms with E-state index in [1.165, 1.54) is 6.07 Å². The van der Waals surface area contributed by atoms with Gasteiger partial charge in [0.15, 0.2) is 0 Å². The molecule has 0 aromatic heterocycles. The highest BCUT2D eigenvalue weighted by Crippen LogP contribution is 2.29. The molecule has 0 aliphatic carbocycles. The molecule has 0 bridgehead atoms. The molecule has 0 fully saturated rings. The van der Waals surface area contributed by atoms with Crippen molar-refractivity contribution in [3.05, 3.63) is 38.4 Å². The van der Waals surface area contributed by atoms with Crippen LogP contribution in [-0.4, -0.2) is 27.5 Å². The van der Waals surface area contributed by atoms with Crippen LogP contribution in [0.4, 0.5) is 17.1 Å². The quantitative estimate of drug-likeness (QED) is 0.555. The van der Waals surface area contributed by atoms with Gasteiger partial charge in [-0.15, -0.1) is 0 Å². The van der Waals surface area contributed by atoms with Crippen LogP contribution < -0.4 is 5.32 Å². The summed E-state index contributed by atoms with van der Waals surface area (Å²) < 4.78 is 0. The number of hydrogen-bond donors (Lipinski definition) is 2. The van der Waals surface area contributed by atoms with Gasteiger partial charge in [0.1, 0.15) is 5.69 Å². The van der Waals surface area contributed by atoms with Gasteiger partial charge in [0.05, 0.1) is 21.8 Å². The fourth-order valence-corrected chi connectivity index (χ4v) is 1.83. The Kier molecular flexibility index (Phi) is 5.58. The first-order valence-corrected chi connectivity index (χ1v) is 6.26. The summed E-state index contributed by atoms with van der Waals surface area (Å²) in [6.07, 6.45) is 1.10. The first kappa shape index (κ1) is 16.3. The van der Waals surface area contributed by atoms with Gasteiger partial charge in [-0.05, 0) is 12.5 Å². The van der Waals surface area contributed by atoms with Gasteiger partial charge in [-0.3, -0.25) is 25.0 Å². The third-order valence-corrected chi connectivity index (χ3v) is 2.91. The molecule has 1 aromatic rings. The number of hydrogen-bond acceptors (Lipinski definition) is 6. The van der Waals surface area contributed by atoms with Crippen LogP contribution in [0, 0.1) is 26.1 Å². The number of nitrogens with zero attached hydrogens (tertiary/aromatic N) is 2. The third kappa shape index (κ3) is 4.41. The standard InChI is InChI=1S/C12H15N3O6/c1-2-3-8(12(16)17)7-13-10-5-4-9(14(18)19)6-11(10)15(20)21/h4-6,8,13H,2-3,7H2,1H3,(H,16,17). The van der Waals surface area contributed by atoms with Crippen LogP contribution in [0.15, 0.2) is 18.2 Å². The predicted molar refractivity (Wildman–Crippen MR) is 74.3 cm³/mol. The zero-order valence-electron chi connectivity index (χ0n) is 11.3. The molecule has 0 radical (unpaired) electrons. The normalized spacial score (nSPS) is 11.7. The Labute approximate surface area is 119 Å². The zero-order valence-corrected chi connectivity index (χ0v) is 11.3. The SMILES string of the molecule is CCCC(CNc1ccc([N+](=O)[O-])cc1[N+](=O)[O-])C(=O)O. The van der Waals surface area contributed by atoms with Crippen LogP contribution in [0.1, 0.15) is 19.8 Å². The lowest BCUT2D eigenvalue weighted by Crippen LogP contribution is -2.23. The highest BCUT2D eigenvalue weighted by atomic mass is 16.6. The Bertz CT molecular complexity index is 560. The van der Waals surface area contributed by atoms with Gasteiger partial charge < -0.3 is 10.4 Å².